The SMILES string of the molecule is CC(=O)NC(C(=O)N1CCCC1C(=O)NC(C)c1ccc(C(C)C)cc1)C(C)(C)C. The number of carbonyl (C=O) groups is 3. The molecule has 0 aromatic heterocycles. The second-order valence-electron chi connectivity index (χ2n) is 9.74. The van der Waals surface area contributed by atoms with Crippen molar-refractivity contribution in [2.75, 3.05) is 6.54 Å². The molecule has 6 nitrogen and oxygen atoms in total. The van der Waals surface area contributed by atoms with Gasteiger partial charge in [0, 0.05) is 13.5 Å². The van der Waals surface area contributed by atoms with E-state index in [4.69, 9.17) is 0 Å². The van der Waals surface area contributed by atoms with Gasteiger partial charge in [-0.25, -0.2) is 0 Å². The fourth-order valence-electron chi connectivity index (χ4n) is 3.88. The predicted octanol–water partition coefficient (Wildman–Crippen LogP) is 3.53. The van der Waals surface area contributed by atoms with Crippen LogP contribution in [0.5, 0.6) is 0 Å². The molecule has 1 aromatic rings. The molecule has 166 valence electrons. The molecule has 3 amide bonds. The zero-order chi connectivity index (χ0) is 22.6. The maximum atomic E-state index is 13.2. The van der Waals surface area contributed by atoms with Gasteiger partial charge in [-0.1, -0.05) is 58.9 Å². The van der Waals surface area contributed by atoms with Crippen molar-refractivity contribution < 1.29 is 14.4 Å². The summed E-state index contributed by atoms with van der Waals surface area (Å²) >= 11 is 0. The third kappa shape index (κ3) is 5.83. The molecule has 0 spiro atoms. The zero-order valence-electron chi connectivity index (χ0n) is 19.4. The van der Waals surface area contributed by atoms with Crippen LogP contribution in [0.2, 0.25) is 0 Å². The summed E-state index contributed by atoms with van der Waals surface area (Å²) in [7, 11) is 0. The first-order chi connectivity index (χ1) is 13.9. The molecule has 0 radical (unpaired) electrons. The second kappa shape index (κ2) is 9.63. The Labute approximate surface area is 180 Å². The lowest BCUT2D eigenvalue weighted by atomic mass is 9.85. The van der Waals surface area contributed by atoms with Crippen LogP contribution in [0.4, 0.5) is 0 Å². The van der Waals surface area contributed by atoms with E-state index in [1.807, 2.05) is 39.8 Å². The summed E-state index contributed by atoms with van der Waals surface area (Å²) in [6, 6.07) is 6.96. The van der Waals surface area contributed by atoms with Gasteiger partial charge in [-0.05, 0) is 42.2 Å². The van der Waals surface area contributed by atoms with Gasteiger partial charge in [-0.15, -0.1) is 0 Å². The van der Waals surface area contributed by atoms with E-state index in [-0.39, 0.29) is 23.8 Å². The van der Waals surface area contributed by atoms with E-state index in [2.05, 4.69) is 36.6 Å². The molecule has 3 unspecified atom stereocenters. The standard InChI is InChI=1S/C24H37N3O3/c1-15(2)18-10-12-19(13-11-18)16(3)25-22(29)20-9-8-14-27(20)23(30)21(24(5,6)7)26-17(4)28/h10-13,15-16,20-21H,8-9,14H2,1-7H3,(H,25,29)(H,26,28). The summed E-state index contributed by atoms with van der Waals surface area (Å²) in [5, 5.41) is 5.85. The number of carbonyl (C=O) groups excluding carboxylic acids is 3. The van der Waals surface area contributed by atoms with Crippen molar-refractivity contribution in [3.05, 3.63) is 35.4 Å². The van der Waals surface area contributed by atoms with Crippen molar-refractivity contribution in [1.29, 1.82) is 0 Å². The largest absolute Gasteiger partial charge is 0.348 e. The normalized spacial score (nSPS) is 18.8. The van der Waals surface area contributed by atoms with E-state index in [9.17, 15) is 14.4 Å². The number of rotatable bonds is 6. The first kappa shape index (κ1) is 23.9. The highest BCUT2D eigenvalue weighted by atomic mass is 16.2. The fraction of sp³-hybridized carbons (Fsp3) is 0.625. The summed E-state index contributed by atoms with van der Waals surface area (Å²) < 4.78 is 0. The average Bonchev–Trinajstić information content (AvgIpc) is 3.14. The summed E-state index contributed by atoms with van der Waals surface area (Å²) in [6.07, 6.45) is 1.41. The molecule has 2 N–H and O–H groups in total. The molecule has 1 fully saturated rings. The molecule has 1 heterocycles. The van der Waals surface area contributed by atoms with E-state index < -0.39 is 17.5 Å². The monoisotopic (exact) mass is 415 g/mol. The smallest absolute Gasteiger partial charge is 0.246 e. The highest BCUT2D eigenvalue weighted by Gasteiger charge is 2.41. The highest BCUT2D eigenvalue weighted by Crippen LogP contribution is 2.26. The Morgan fingerprint density at radius 1 is 1.00 bits per heavy atom. The third-order valence-electron chi connectivity index (χ3n) is 5.76. The van der Waals surface area contributed by atoms with Crippen LogP contribution in [-0.2, 0) is 14.4 Å². The molecule has 1 aromatic carbocycles. The van der Waals surface area contributed by atoms with Crippen molar-refractivity contribution in [1.82, 2.24) is 15.5 Å². The predicted molar refractivity (Wildman–Crippen MR) is 119 cm³/mol. The summed E-state index contributed by atoms with van der Waals surface area (Å²) in [6.45, 7) is 13.9. The second-order valence-corrected chi connectivity index (χ2v) is 9.74. The molecule has 1 saturated heterocycles. The van der Waals surface area contributed by atoms with Gasteiger partial charge < -0.3 is 15.5 Å². The molecule has 0 aliphatic carbocycles. The minimum absolute atomic E-state index is 0.142. The Morgan fingerprint density at radius 3 is 2.07 bits per heavy atom. The number of hydrogen-bond donors (Lipinski definition) is 2. The van der Waals surface area contributed by atoms with Crippen LogP contribution in [0, 0.1) is 5.41 Å². The molecular formula is C24H37N3O3. The van der Waals surface area contributed by atoms with E-state index in [1.54, 1.807) is 4.90 Å². The van der Waals surface area contributed by atoms with Crippen molar-refractivity contribution in [3.8, 4) is 0 Å². The number of nitrogens with one attached hydrogen (secondary N) is 2. The van der Waals surface area contributed by atoms with Crippen molar-refractivity contribution in [3.63, 3.8) is 0 Å². The molecule has 30 heavy (non-hydrogen) atoms. The maximum absolute atomic E-state index is 13.2. The third-order valence-corrected chi connectivity index (χ3v) is 5.76. The van der Waals surface area contributed by atoms with E-state index in [1.165, 1.54) is 12.5 Å². The van der Waals surface area contributed by atoms with Crippen LogP contribution in [0.15, 0.2) is 24.3 Å². The first-order valence-corrected chi connectivity index (χ1v) is 10.9. The van der Waals surface area contributed by atoms with Crippen LogP contribution in [0.25, 0.3) is 0 Å². The average molecular weight is 416 g/mol. The highest BCUT2D eigenvalue weighted by molar-refractivity contribution is 5.92. The Bertz CT molecular complexity index is 765. The maximum Gasteiger partial charge on any atom is 0.246 e. The van der Waals surface area contributed by atoms with Gasteiger partial charge in [0.2, 0.25) is 17.7 Å². The first-order valence-electron chi connectivity index (χ1n) is 10.9. The Hall–Kier alpha value is -2.37. The van der Waals surface area contributed by atoms with E-state index >= 15 is 0 Å². The quantitative estimate of drug-likeness (QED) is 0.746. The van der Waals surface area contributed by atoms with Gasteiger partial charge in [-0.3, -0.25) is 14.4 Å². The lowest BCUT2D eigenvalue weighted by Crippen LogP contribution is -2.57. The summed E-state index contributed by atoms with van der Waals surface area (Å²) in [5.41, 5.74) is 1.85. The van der Waals surface area contributed by atoms with E-state index in [0.717, 1.165) is 12.0 Å². The van der Waals surface area contributed by atoms with Crippen LogP contribution >= 0.6 is 0 Å². The lowest BCUT2D eigenvalue weighted by molar-refractivity contribution is -0.143. The Kier molecular flexibility index (Phi) is 7.67. The molecule has 6 heteroatoms. The lowest BCUT2D eigenvalue weighted by Gasteiger charge is -2.35. The van der Waals surface area contributed by atoms with Gasteiger partial charge in [0.1, 0.15) is 12.1 Å². The molecular weight excluding hydrogens is 378 g/mol. The number of nitrogens with zero attached hydrogens (tertiary/aromatic N) is 1. The van der Waals surface area contributed by atoms with Gasteiger partial charge in [0.05, 0.1) is 6.04 Å². The Morgan fingerprint density at radius 2 is 1.57 bits per heavy atom. The zero-order valence-corrected chi connectivity index (χ0v) is 19.4. The molecule has 1 aliphatic heterocycles. The summed E-state index contributed by atoms with van der Waals surface area (Å²) in [4.78, 5) is 39.5. The van der Waals surface area contributed by atoms with Crippen LogP contribution in [0.3, 0.4) is 0 Å². The summed E-state index contributed by atoms with van der Waals surface area (Å²) in [5.74, 6) is -0.121. The van der Waals surface area contributed by atoms with Crippen molar-refractivity contribution in [2.24, 2.45) is 5.41 Å². The number of amides is 3. The fourth-order valence-corrected chi connectivity index (χ4v) is 3.88. The number of likely N-dealkylation sites (tertiary alicyclic amines) is 1. The van der Waals surface area contributed by atoms with Crippen molar-refractivity contribution >= 4 is 17.7 Å². The van der Waals surface area contributed by atoms with Gasteiger partial charge in [0.15, 0.2) is 0 Å². The van der Waals surface area contributed by atoms with Crippen LogP contribution < -0.4 is 10.6 Å². The molecule has 3 atom stereocenters. The minimum atomic E-state index is -0.663. The molecule has 1 aliphatic rings. The molecule has 0 saturated carbocycles. The van der Waals surface area contributed by atoms with Gasteiger partial charge >= 0.3 is 0 Å². The topological polar surface area (TPSA) is 78.5 Å². The Balaban J connectivity index is 2.10. The molecule has 0 bridgehead atoms. The van der Waals surface area contributed by atoms with Gasteiger partial charge in [-0.2, -0.15) is 0 Å². The number of benzene rings is 1. The van der Waals surface area contributed by atoms with Gasteiger partial charge in [0.25, 0.3) is 0 Å². The van der Waals surface area contributed by atoms with Crippen molar-refractivity contribution in [2.45, 2.75) is 85.4 Å². The van der Waals surface area contributed by atoms with Crippen LogP contribution in [-0.4, -0.2) is 41.2 Å². The minimum Gasteiger partial charge on any atom is -0.348 e. The molecule has 2 rings (SSSR count). The van der Waals surface area contributed by atoms with Crippen LogP contribution in [0.1, 0.15) is 84.4 Å². The van der Waals surface area contributed by atoms with E-state index in [0.29, 0.717) is 18.9 Å². The number of hydrogen-bond acceptors (Lipinski definition) is 3.